The first kappa shape index (κ1) is 15.7. The molecule has 2 N–H and O–H groups in total. The SMILES string of the molecule is O=C(CCNC(=O)c1ccc(-n2cnnc2)nc1)Nc1nccs1. The molecule has 0 unspecified atom stereocenters. The quantitative estimate of drug-likeness (QED) is 0.686. The summed E-state index contributed by atoms with van der Waals surface area (Å²) >= 11 is 1.34. The van der Waals surface area contributed by atoms with E-state index in [1.165, 1.54) is 30.2 Å². The largest absolute Gasteiger partial charge is 0.351 e. The highest BCUT2D eigenvalue weighted by Crippen LogP contribution is 2.10. The van der Waals surface area contributed by atoms with E-state index in [4.69, 9.17) is 0 Å². The van der Waals surface area contributed by atoms with Gasteiger partial charge in [0.15, 0.2) is 5.13 Å². The molecule has 24 heavy (non-hydrogen) atoms. The molecule has 3 rings (SSSR count). The number of anilines is 1. The molecule has 0 aromatic carbocycles. The fourth-order valence-electron chi connectivity index (χ4n) is 1.85. The lowest BCUT2D eigenvalue weighted by atomic mass is 10.2. The summed E-state index contributed by atoms with van der Waals surface area (Å²) in [7, 11) is 0. The van der Waals surface area contributed by atoms with Crippen molar-refractivity contribution in [2.75, 3.05) is 11.9 Å². The molecular formula is C14H13N7O2S. The summed E-state index contributed by atoms with van der Waals surface area (Å²) in [5.41, 5.74) is 0.409. The summed E-state index contributed by atoms with van der Waals surface area (Å²) in [6.45, 7) is 0.225. The van der Waals surface area contributed by atoms with Crippen molar-refractivity contribution in [2.24, 2.45) is 0 Å². The summed E-state index contributed by atoms with van der Waals surface area (Å²) < 4.78 is 1.63. The van der Waals surface area contributed by atoms with E-state index in [1.54, 1.807) is 28.3 Å². The molecular weight excluding hydrogens is 330 g/mol. The third-order valence-corrected chi connectivity index (χ3v) is 3.70. The van der Waals surface area contributed by atoms with Crippen LogP contribution in [-0.4, -0.2) is 43.1 Å². The molecule has 0 radical (unpaired) electrons. The van der Waals surface area contributed by atoms with Crippen molar-refractivity contribution in [3.8, 4) is 5.82 Å². The number of carbonyl (C=O) groups excluding carboxylic acids is 2. The van der Waals surface area contributed by atoms with E-state index in [-0.39, 0.29) is 24.8 Å². The molecule has 9 nitrogen and oxygen atoms in total. The molecule has 3 aromatic heterocycles. The van der Waals surface area contributed by atoms with E-state index in [1.807, 2.05) is 0 Å². The average Bonchev–Trinajstić information content (AvgIpc) is 3.28. The normalized spacial score (nSPS) is 10.3. The van der Waals surface area contributed by atoms with E-state index in [9.17, 15) is 9.59 Å². The average molecular weight is 343 g/mol. The van der Waals surface area contributed by atoms with Crippen molar-refractivity contribution in [1.82, 2.24) is 30.0 Å². The van der Waals surface area contributed by atoms with E-state index >= 15 is 0 Å². The van der Waals surface area contributed by atoms with Crippen LogP contribution in [0.15, 0.2) is 42.6 Å². The minimum Gasteiger partial charge on any atom is -0.351 e. The van der Waals surface area contributed by atoms with Crippen LogP contribution in [0.25, 0.3) is 5.82 Å². The lowest BCUT2D eigenvalue weighted by Crippen LogP contribution is -2.27. The first-order chi connectivity index (χ1) is 11.7. The number of amides is 2. The third-order valence-electron chi connectivity index (χ3n) is 3.01. The van der Waals surface area contributed by atoms with Gasteiger partial charge >= 0.3 is 0 Å². The standard InChI is InChI=1S/C14H13N7O2S/c22-12(20-14-16-5-6-24-14)3-4-15-13(23)10-1-2-11(17-7-10)21-8-18-19-9-21/h1-2,5-9H,3-4H2,(H,15,23)(H,16,20,22). The summed E-state index contributed by atoms with van der Waals surface area (Å²) in [4.78, 5) is 31.8. The zero-order valence-corrected chi connectivity index (χ0v) is 13.2. The van der Waals surface area contributed by atoms with Gasteiger partial charge in [-0.3, -0.25) is 14.2 Å². The fraction of sp³-hybridized carbons (Fsp3) is 0.143. The van der Waals surface area contributed by atoms with Crippen LogP contribution in [-0.2, 0) is 4.79 Å². The Morgan fingerprint density at radius 1 is 1.17 bits per heavy atom. The lowest BCUT2D eigenvalue weighted by molar-refractivity contribution is -0.116. The number of thiazole rings is 1. The van der Waals surface area contributed by atoms with Crippen LogP contribution < -0.4 is 10.6 Å². The molecule has 0 bridgehead atoms. The molecule has 0 saturated carbocycles. The second-order valence-electron chi connectivity index (χ2n) is 4.67. The number of carbonyl (C=O) groups is 2. The summed E-state index contributed by atoms with van der Waals surface area (Å²) in [5, 5.41) is 15.0. The minimum absolute atomic E-state index is 0.164. The van der Waals surface area contributed by atoms with Crippen LogP contribution in [0.4, 0.5) is 5.13 Å². The van der Waals surface area contributed by atoms with E-state index in [0.29, 0.717) is 16.5 Å². The van der Waals surface area contributed by atoms with Gasteiger partial charge in [-0.1, -0.05) is 0 Å². The number of nitrogens with one attached hydrogen (secondary N) is 2. The van der Waals surface area contributed by atoms with E-state index < -0.39 is 0 Å². The van der Waals surface area contributed by atoms with Crippen LogP contribution >= 0.6 is 11.3 Å². The highest BCUT2D eigenvalue weighted by Gasteiger charge is 2.08. The van der Waals surface area contributed by atoms with E-state index in [2.05, 4.69) is 30.8 Å². The number of nitrogens with zero attached hydrogens (tertiary/aromatic N) is 5. The molecule has 0 fully saturated rings. The molecule has 0 spiro atoms. The molecule has 0 aliphatic carbocycles. The fourth-order valence-corrected chi connectivity index (χ4v) is 2.40. The van der Waals surface area contributed by atoms with Gasteiger partial charge in [-0.05, 0) is 12.1 Å². The Labute approximate surface area is 140 Å². The van der Waals surface area contributed by atoms with Gasteiger partial charge in [-0.15, -0.1) is 21.5 Å². The van der Waals surface area contributed by atoms with Crippen molar-refractivity contribution in [1.29, 1.82) is 0 Å². The molecule has 3 heterocycles. The van der Waals surface area contributed by atoms with Crippen molar-refractivity contribution in [3.05, 3.63) is 48.1 Å². The maximum atomic E-state index is 12.0. The number of pyridine rings is 1. The second kappa shape index (κ2) is 7.42. The number of rotatable bonds is 6. The van der Waals surface area contributed by atoms with Gasteiger partial charge in [0.05, 0.1) is 5.56 Å². The summed E-state index contributed by atoms with van der Waals surface area (Å²) in [6, 6.07) is 3.33. The zero-order valence-electron chi connectivity index (χ0n) is 12.4. The lowest BCUT2D eigenvalue weighted by Gasteiger charge is -2.06. The van der Waals surface area contributed by atoms with Crippen LogP contribution in [0.2, 0.25) is 0 Å². The maximum Gasteiger partial charge on any atom is 0.252 e. The first-order valence-electron chi connectivity index (χ1n) is 7.01. The highest BCUT2D eigenvalue weighted by atomic mass is 32.1. The smallest absolute Gasteiger partial charge is 0.252 e. The Morgan fingerprint density at radius 3 is 2.67 bits per heavy atom. The summed E-state index contributed by atoms with van der Waals surface area (Å²) in [5.74, 6) is 0.116. The molecule has 122 valence electrons. The number of aromatic nitrogens is 5. The Kier molecular flexibility index (Phi) is 4.87. The molecule has 3 aromatic rings. The van der Waals surface area contributed by atoms with Crippen LogP contribution in [0, 0.1) is 0 Å². The van der Waals surface area contributed by atoms with Crippen LogP contribution in [0.1, 0.15) is 16.8 Å². The third kappa shape index (κ3) is 3.98. The topological polar surface area (TPSA) is 115 Å². The Balaban J connectivity index is 1.47. The number of hydrogen-bond donors (Lipinski definition) is 2. The van der Waals surface area contributed by atoms with Crippen molar-refractivity contribution in [3.63, 3.8) is 0 Å². The molecule has 0 aliphatic heterocycles. The predicted molar refractivity (Wildman–Crippen MR) is 86.8 cm³/mol. The Hall–Kier alpha value is -3.14. The van der Waals surface area contributed by atoms with Crippen LogP contribution in [0.5, 0.6) is 0 Å². The Bertz CT molecular complexity index is 800. The van der Waals surface area contributed by atoms with Crippen LogP contribution in [0.3, 0.4) is 0 Å². The molecule has 0 aliphatic rings. The maximum absolute atomic E-state index is 12.0. The van der Waals surface area contributed by atoms with Gasteiger partial charge < -0.3 is 10.6 Å². The second-order valence-corrected chi connectivity index (χ2v) is 5.56. The van der Waals surface area contributed by atoms with Gasteiger partial charge in [0.25, 0.3) is 5.91 Å². The van der Waals surface area contributed by atoms with Crippen molar-refractivity contribution in [2.45, 2.75) is 6.42 Å². The summed E-state index contributed by atoms with van der Waals surface area (Å²) in [6.07, 6.45) is 6.27. The number of hydrogen-bond acceptors (Lipinski definition) is 7. The van der Waals surface area contributed by atoms with Gasteiger partial charge in [-0.25, -0.2) is 9.97 Å². The van der Waals surface area contributed by atoms with Crippen molar-refractivity contribution >= 4 is 28.3 Å². The van der Waals surface area contributed by atoms with Gasteiger partial charge in [-0.2, -0.15) is 0 Å². The van der Waals surface area contributed by atoms with E-state index in [0.717, 1.165) is 0 Å². The van der Waals surface area contributed by atoms with Gasteiger partial charge in [0.2, 0.25) is 5.91 Å². The van der Waals surface area contributed by atoms with Gasteiger partial charge in [0, 0.05) is 30.7 Å². The molecule has 10 heteroatoms. The zero-order chi connectivity index (χ0) is 16.8. The van der Waals surface area contributed by atoms with Crippen molar-refractivity contribution < 1.29 is 9.59 Å². The Morgan fingerprint density at radius 2 is 2.00 bits per heavy atom. The molecule has 0 atom stereocenters. The monoisotopic (exact) mass is 343 g/mol. The molecule has 0 saturated heterocycles. The predicted octanol–water partition coefficient (Wildman–Crippen LogP) is 0.877. The molecule has 2 amide bonds. The van der Waals surface area contributed by atoms with Gasteiger partial charge in [0.1, 0.15) is 18.5 Å². The first-order valence-corrected chi connectivity index (χ1v) is 7.89. The minimum atomic E-state index is -0.292. The highest BCUT2D eigenvalue weighted by molar-refractivity contribution is 7.13.